The number of hydrogen-bond acceptors (Lipinski definition) is 5. The third-order valence-corrected chi connectivity index (χ3v) is 4.35. The second-order valence-corrected chi connectivity index (χ2v) is 6.87. The zero-order valence-corrected chi connectivity index (χ0v) is 12.3. The van der Waals surface area contributed by atoms with Gasteiger partial charge in [0.15, 0.2) is 0 Å². The molecule has 0 fully saturated rings. The van der Waals surface area contributed by atoms with E-state index in [0.29, 0.717) is 18.1 Å². The Morgan fingerprint density at radius 1 is 1.56 bits per heavy atom. The van der Waals surface area contributed by atoms with E-state index in [0.717, 1.165) is 13.1 Å². The minimum absolute atomic E-state index is 0.326. The summed E-state index contributed by atoms with van der Waals surface area (Å²) >= 11 is 8.32. The minimum atomic E-state index is -0.668. The molecule has 0 aromatic carbocycles. The van der Waals surface area contributed by atoms with Crippen LogP contribution in [0, 0.1) is 0 Å². The summed E-state index contributed by atoms with van der Waals surface area (Å²) in [5.74, 6) is 0.739. The quantitative estimate of drug-likeness (QED) is 0.896. The fourth-order valence-electron chi connectivity index (χ4n) is 1.15. The molecule has 2 rings (SSSR count). The van der Waals surface area contributed by atoms with Gasteiger partial charge in [-0.25, -0.2) is 0 Å². The third-order valence-electron chi connectivity index (χ3n) is 2.01. The second kappa shape index (κ2) is 4.95. The average Bonchev–Trinajstić information content (AvgIpc) is 2.83. The second-order valence-electron chi connectivity index (χ2n) is 3.12. The standard InChI is InChI=1S/C9H8Br2N2O2S/c1-2-5(14)8-12-9(15-13-8)4-3-6(10)16-7(4)11/h3,5,14H,2H2,1H3. The van der Waals surface area contributed by atoms with E-state index in [4.69, 9.17) is 4.52 Å². The highest BCUT2D eigenvalue weighted by atomic mass is 79.9. The molecule has 1 N–H and O–H groups in total. The van der Waals surface area contributed by atoms with Crippen LogP contribution in [0.15, 0.2) is 18.2 Å². The molecule has 4 nitrogen and oxygen atoms in total. The van der Waals surface area contributed by atoms with Gasteiger partial charge in [-0.15, -0.1) is 11.3 Å². The maximum atomic E-state index is 9.56. The summed E-state index contributed by atoms with van der Waals surface area (Å²) in [6.07, 6.45) is -0.105. The fourth-order valence-corrected chi connectivity index (χ4v) is 3.93. The number of aliphatic hydroxyl groups is 1. The van der Waals surface area contributed by atoms with Gasteiger partial charge in [0.25, 0.3) is 5.89 Å². The summed E-state index contributed by atoms with van der Waals surface area (Å²) in [6, 6.07) is 1.89. The maximum Gasteiger partial charge on any atom is 0.260 e. The zero-order chi connectivity index (χ0) is 11.7. The summed E-state index contributed by atoms with van der Waals surface area (Å²) in [4.78, 5) is 4.15. The van der Waals surface area contributed by atoms with Crippen molar-refractivity contribution in [2.24, 2.45) is 0 Å². The van der Waals surface area contributed by atoms with Crippen molar-refractivity contribution in [2.75, 3.05) is 0 Å². The van der Waals surface area contributed by atoms with Crippen LogP contribution in [0.4, 0.5) is 0 Å². The van der Waals surface area contributed by atoms with Crippen LogP contribution in [0.3, 0.4) is 0 Å². The average molecular weight is 368 g/mol. The third kappa shape index (κ3) is 2.37. The summed E-state index contributed by atoms with van der Waals surface area (Å²) in [7, 11) is 0. The lowest BCUT2D eigenvalue weighted by Gasteiger charge is -1.97. The van der Waals surface area contributed by atoms with Crippen LogP contribution in [0.25, 0.3) is 11.5 Å². The lowest BCUT2D eigenvalue weighted by Crippen LogP contribution is -1.97. The first kappa shape index (κ1) is 12.2. The van der Waals surface area contributed by atoms with Crippen LogP contribution in [-0.2, 0) is 0 Å². The molecule has 0 aliphatic carbocycles. The first-order valence-corrected chi connectivity index (χ1v) is 6.99. The lowest BCUT2D eigenvalue weighted by molar-refractivity contribution is 0.159. The molecule has 0 saturated carbocycles. The highest BCUT2D eigenvalue weighted by Crippen LogP contribution is 2.38. The Balaban J connectivity index is 2.35. The molecular weight excluding hydrogens is 360 g/mol. The Bertz CT molecular complexity index is 497. The molecule has 0 amide bonds. The molecule has 0 spiro atoms. The number of thiophene rings is 1. The number of hydrogen-bond donors (Lipinski definition) is 1. The molecule has 2 aromatic heterocycles. The highest BCUT2D eigenvalue weighted by molar-refractivity contribution is 9.12. The van der Waals surface area contributed by atoms with E-state index in [-0.39, 0.29) is 0 Å². The van der Waals surface area contributed by atoms with Gasteiger partial charge in [0.05, 0.1) is 13.1 Å². The fraction of sp³-hybridized carbons (Fsp3) is 0.333. The topological polar surface area (TPSA) is 59.2 Å². The number of aliphatic hydroxyl groups excluding tert-OH is 1. The minimum Gasteiger partial charge on any atom is -0.385 e. The predicted octanol–water partition coefficient (Wildman–Crippen LogP) is 3.77. The predicted molar refractivity (Wildman–Crippen MR) is 68.3 cm³/mol. The van der Waals surface area contributed by atoms with Gasteiger partial charge in [0.1, 0.15) is 6.10 Å². The van der Waals surface area contributed by atoms with Crippen molar-refractivity contribution in [3.8, 4) is 11.5 Å². The Morgan fingerprint density at radius 2 is 2.31 bits per heavy atom. The van der Waals surface area contributed by atoms with Gasteiger partial charge in [-0.3, -0.25) is 0 Å². The van der Waals surface area contributed by atoms with E-state index in [1.54, 1.807) is 0 Å². The highest BCUT2D eigenvalue weighted by Gasteiger charge is 2.18. The molecule has 0 aliphatic heterocycles. The van der Waals surface area contributed by atoms with E-state index < -0.39 is 6.10 Å². The molecule has 0 aliphatic rings. The van der Waals surface area contributed by atoms with Crippen molar-refractivity contribution in [3.05, 3.63) is 19.5 Å². The van der Waals surface area contributed by atoms with Crippen LogP contribution in [0.1, 0.15) is 25.3 Å². The van der Waals surface area contributed by atoms with E-state index in [9.17, 15) is 5.11 Å². The van der Waals surface area contributed by atoms with Crippen molar-refractivity contribution in [2.45, 2.75) is 19.4 Å². The molecule has 2 heterocycles. The molecule has 1 unspecified atom stereocenters. The van der Waals surface area contributed by atoms with Gasteiger partial charge in [-0.2, -0.15) is 4.98 Å². The number of halogens is 2. The van der Waals surface area contributed by atoms with Gasteiger partial charge in [0, 0.05) is 0 Å². The molecule has 0 radical (unpaired) electrons. The zero-order valence-electron chi connectivity index (χ0n) is 8.28. The molecule has 86 valence electrons. The molecule has 0 bridgehead atoms. The van der Waals surface area contributed by atoms with Crippen LogP contribution < -0.4 is 0 Å². The monoisotopic (exact) mass is 366 g/mol. The Kier molecular flexibility index (Phi) is 3.78. The van der Waals surface area contributed by atoms with Gasteiger partial charge in [-0.05, 0) is 44.3 Å². The van der Waals surface area contributed by atoms with Crippen molar-refractivity contribution in [1.82, 2.24) is 10.1 Å². The normalized spacial score (nSPS) is 13.0. The first-order valence-electron chi connectivity index (χ1n) is 4.58. The maximum absolute atomic E-state index is 9.56. The molecule has 1 atom stereocenters. The summed E-state index contributed by atoms with van der Waals surface area (Å²) in [6.45, 7) is 1.86. The van der Waals surface area contributed by atoms with E-state index >= 15 is 0 Å². The molecule has 2 aromatic rings. The number of aromatic nitrogens is 2. The van der Waals surface area contributed by atoms with Gasteiger partial charge >= 0.3 is 0 Å². The van der Waals surface area contributed by atoms with Crippen molar-refractivity contribution in [1.29, 1.82) is 0 Å². The largest absolute Gasteiger partial charge is 0.385 e. The van der Waals surface area contributed by atoms with Gasteiger partial charge < -0.3 is 9.63 Å². The SMILES string of the molecule is CCC(O)c1noc(-c2cc(Br)sc2Br)n1. The summed E-state index contributed by atoms with van der Waals surface area (Å²) in [5, 5.41) is 13.3. The Morgan fingerprint density at radius 3 is 2.88 bits per heavy atom. The van der Waals surface area contributed by atoms with Crippen molar-refractivity contribution >= 4 is 43.2 Å². The Labute approximate surface area is 113 Å². The number of rotatable bonds is 3. The summed E-state index contributed by atoms with van der Waals surface area (Å²) in [5.41, 5.74) is 0.832. The van der Waals surface area contributed by atoms with E-state index in [1.165, 1.54) is 11.3 Å². The van der Waals surface area contributed by atoms with Crippen molar-refractivity contribution < 1.29 is 9.63 Å². The molecule has 7 heteroatoms. The van der Waals surface area contributed by atoms with E-state index in [2.05, 4.69) is 42.0 Å². The molecule has 16 heavy (non-hydrogen) atoms. The van der Waals surface area contributed by atoms with Gasteiger partial charge in [0.2, 0.25) is 5.82 Å². The molecular formula is C9H8Br2N2O2S. The van der Waals surface area contributed by atoms with Crippen molar-refractivity contribution in [3.63, 3.8) is 0 Å². The summed E-state index contributed by atoms with van der Waals surface area (Å²) < 4.78 is 7.00. The van der Waals surface area contributed by atoms with E-state index in [1.807, 2.05) is 13.0 Å². The Hall–Kier alpha value is -0.240. The van der Waals surface area contributed by atoms with Crippen LogP contribution in [0.2, 0.25) is 0 Å². The first-order chi connectivity index (χ1) is 7.61. The smallest absolute Gasteiger partial charge is 0.260 e. The number of nitrogens with zero attached hydrogens (tertiary/aromatic N) is 2. The molecule has 0 saturated heterocycles. The van der Waals surface area contributed by atoms with Crippen LogP contribution >= 0.6 is 43.2 Å². The van der Waals surface area contributed by atoms with Crippen LogP contribution in [0.5, 0.6) is 0 Å². The van der Waals surface area contributed by atoms with Crippen LogP contribution in [-0.4, -0.2) is 15.2 Å². The van der Waals surface area contributed by atoms with Gasteiger partial charge in [-0.1, -0.05) is 12.1 Å². The lowest BCUT2D eigenvalue weighted by atomic mass is 10.3.